The second kappa shape index (κ2) is 7.33. The van der Waals surface area contributed by atoms with Gasteiger partial charge in [-0.05, 0) is 45.5 Å². The molecular weight excluding hydrogens is 374 g/mol. The molecule has 150 valence electrons. The number of carbonyl (C=O) groups excluding carboxylic acids is 1. The zero-order valence-corrected chi connectivity index (χ0v) is 17.7. The van der Waals surface area contributed by atoms with E-state index in [2.05, 4.69) is 49.2 Å². The number of nitrogens with one attached hydrogen (secondary N) is 1. The van der Waals surface area contributed by atoms with Gasteiger partial charge in [0.2, 0.25) is 5.91 Å². The van der Waals surface area contributed by atoms with Gasteiger partial charge in [0.15, 0.2) is 0 Å². The monoisotopic (exact) mass is 401 g/mol. The normalized spacial score (nSPS) is 18.4. The smallest absolute Gasteiger partial charge is 0.291 e. The highest BCUT2D eigenvalue weighted by Crippen LogP contribution is 2.29. The van der Waals surface area contributed by atoms with Crippen LogP contribution in [0.25, 0.3) is 15.7 Å². The maximum Gasteiger partial charge on any atom is 0.291 e. The first kappa shape index (κ1) is 19.1. The summed E-state index contributed by atoms with van der Waals surface area (Å²) in [4.78, 5) is 29.0. The van der Waals surface area contributed by atoms with Gasteiger partial charge in [0.1, 0.15) is 17.9 Å². The van der Waals surface area contributed by atoms with Crippen LogP contribution in [0.5, 0.6) is 0 Å². The summed E-state index contributed by atoms with van der Waals surface area (Å²) < 4.78 is 4.35. The highest BCUT2D eigenvalue weighted by Gasteiger charge is 2.22. The lowest BCUT2D eigenvalue weighted by molar-refractivity contribution is -0.123. The number of amides is 1. The maximum absolute atomic E-state index is 13.0. The van der Waals surface area contributed by atoms with Gasteiger partial charge in [-0.25, -0.2) is 4.68 Å². The fourth-order valence-corrected chi connectivity index (χ4v) is 4.98. The van der Waals surface area contributed by atoms with Crippen LogP contribution in [0.1, 0.15) is 43.3 Å². The van der Waals surface area contributed by atoms with E-state index in [4.69, 9.17) is 0 Å². The second-order valence-electron chi connectivity index (χ2n) is 8.12. The fraction of sp³-hybridized carbons (Fsp3) is 0.550. The van der Waals surface area contributed by atoms with E-state index < -0.39 is 0 Å². The summed E-state index contributed by atoms with van der Waals surface area (Å²) in [6.45, 7) is 8.03. The number of likely N-dealkylation sites (N-methyl/N-ethyl adjacent to an activating group) is 1. The fourth-order valence-electron chi connectivity index (χ4n) is 4.04. The molecule has 0 saturated carbocycles. The third kappa shape index (κ3) is 3.46. The van der Waals surface area contributed by atoms with Gasteiger partial charge in [0.05, 0.1) is 10.2 Å². The van der Waals surface area contributed by atoms with Crippen LogP contribution in [0, 0.1) is 6.92 Å². The molecule has 1 saturated heterocycles. The summed E-state index contributed by atoms with van der Waals surface area (Å²) in [6, 6.07) is 4.15. The Balaban J connectivity index is 1.68. The molecular formula is C20H27N5O2S. The average molecular weight is 402 g/mol. The van der Waals surface area contributed by atoms with Crippen molar-refractivity contribution >= 4 is 33.0 Å². The van der Waals surface area contributed by atoms with Gasteiger partial charge in [0, 0.05) is 23.4 Å². The van der Waals surface area contributed by atoms with Crippen molar-refractivity contribution in [2.45, 2.75) is 52.1 Å². The molecule has 0 aliphatic carbocycles. The minimum atomic E-state index is -0.221. The van der Waals surface area contributed by atoms with Gasteiger partial charge in [0.25, 0.3) is 5.56 Å². The molecule has 0 spiro atoms. The number of nitrogens with zero attached hydrogens (tertiary/aromatic N) is 4. The first-order valence-electron chi connectivity index (χ1n) is 9.84. The van der Waals surface area contributed by atoms with Crippen LogP contribution >= 0.6 is 11.3 Å². The number of fused-ring (bicyclic) bond motifs is 3. The van der Waals surface area contributed by atoms with Crippen LogP contribution in [-0.4, -0.2) is 51.2 Å². The molecule has 8 heteroatoms. The number of hydrogen-bond donors (Lipinski definition) is 1. The van der Waals surface area contributed by atoms with Crippen molar-refractivity contribution in [2.24, 2.45) is 0 Å². The molecule has 4 heterocycles. The Morgan fingerprint density at radius 3 is 2.86 bits per heavy atom. The molecule has 28 heavy (non-hydrogen) atoms. The van der Waals surface area contributed by atoms with E-state index in [1.807, 2.05) is 10.5 Å². The van der Waals surface area contributed by atoms with Gasteiger partial charge in [-0.1, -0.05) is 13.8 Å². The zero-order chi connectivity index (χ0) is 20.0. The largest absolute Gasteiger partial charge is 0.350 e. The van der Waals surface area contributed by atoms with E-state index in [0.29, 0.717) is 5.52 Å². The summed E-state index contributed by atoms with van der Waals surface area (Å²) in [7, 11) is 2.06. The van der Waals surface area contributed by atoms with Crippen molar-refractivity contribution in [1.82, 2.24) is 24.4 Å². The van der Waals surface area contributed by atoms with Crippen LogP contribution in [0.3, 0.4) is 0 Å². The topological polar surface area (TPSA) is 71.6 Å². The van der Waals surface area contributed by atoms with Crippen molar-refractivity contribution in [2.75, 3.05) is 20.1 Å². The number of hydrogen-bond acceptors (Lipinski definition) is 5. The number of aromatic nitrogens is 3. The zero-order valence-electron chi connectivity index (χ0n) is 16.9. The molecule has 1 atom stereocenters. The SMILES string of the molecule is Cc1cc2c(cc3c(=O)n(CC(=O)N[C@H]4CCCN(C)C4)nc(C(C)C)n32)s1. The van der Waals surface area contributed by atoms with Crippen molar-refractivity contribution in [3.63, 3.8) is 0 Å². The van der Waals surface area contributed by atoms with Gasteiger partial charge in [-0.2, -0.15) is 5.10 Å². The van der Waals surface area contributed by atoms with E-state index in [1.54, 1.807) is 11.3 Å². The standard InChI is InChI=1S/C20H27N5O2S/c1-12(2)19-22-24(11-18(26)21-14-6-5-7-23(4)10-14)20(27)16-9-17-15(25(16)19)8-13(3)28-17/h8-9,12,14H,5-7,10-11H2,1-4H3,(H,21,26)/t14-/m0/s1. The Morgan fingerprint density at radius 1 is 1.36 bits per heavy atom. The Hall–Kier alpha value is -2.19. The highest BCUT2D eigenvalue weighted by atomic mass is 32.1. The van der Waals surface area contributed by atoms with Gasteiger partial charge >= 0.3 is 0 Å². The number of carbonyl (C=O) groups is 1. The molecule has 1 N–H and O–H groups in total. The van der Waals surface area contributed by atoms with E-state index in [1.165, 1.54) is 9.56 Å². The minimum Gasteiger partial charge on any atom is -0.350 e. The average Bonchev–Trinajstić information content (AvgIpc) is 3.13. The second-order valence-corrected chi connectivity index (χ2v) is 9.40. The Labute approximate surface area is 167 Å². The minimum absolute atomic E-state index is 0.0485. The molecule has 4 rings (SSSR count). The van der Waals surface area contributed by atoms with Crippen LogP contribution in [0.4, 0.5) is 0 Å². The van der Waals surface area contributed by atoms with E-state index >= 15 is 0 Å². The molecule has 0 bridgehead atoms. The van der Waals surface area contributed by atoms with E-state index in [9.17, 15) is 9.59 Å². The predicted octanol–water partition coefficient (Wildman–Crippen LogP) is 2.35. The van der Waals surface area contributed by atoms with Gasteiger partial charge < -0.3 is 10.2 Å². The van der Waals surface area contributed by atoms with Gasteiger partial charge in [-0.15, -0.1) is 11.3 Å². The number of aryl methyl sites for hydroxylation is 1. The number of likely N-dealkylation sites (tertiary alicyclic amines) is 1. The Morgan fingerprint density at radius 2 is 2.14 bits per heavy atom. The summed E-state index contributed by atoms with van der Waals surface area (Å²) in [5.74, 6) is 0.769. The maximum atomic E-state index is 13.0. The van der Waals surface area contributed by atoms with Crippen molar-refractivity contribution < 1.29 is 4.79 Å². The molecule has 0 aromatic carbocycles. The molecule has 1 aliphatic rings. The first-order valence-corrected chi connectivity index (χ1v) is 10.7. The van der Waals surface area contributed by atoms with Crippen LogP contribution in [-0.2, 0) is 11.3 Å². The van der Waals surface area contributed by atoms with Crippen LogP contribution in [0.2, 0.25) is 0 Å². The quantitative estimate of drug-likeness (QED) is 0.728. The molecule has 0 unspecified atom stereocenters. The molecule has 3 aromatic rings. The summed E-state index contributed by atoms with van der Waals surface area (Å²) >= 11 is 1.67. The van der Waals surface area contributed by atoms with Gasteiger partial charge in [-0.3, -0.25) is 14.0 Å². The summed E-state index contributed by atoms with van der Waals surface area (Å²) in [6.07, 6.45) is 2.05. The Kier molecular flexibility index (Phi) is 5.01. The molecule has 1 aliphatic heterocycles. The van der Waals surface area contributed by atoms with Crippen molar-refractivity contribution in [3.05, 3.63) is 33.2 Å². The van der Waals surface area contributed by atoms with E-state index in [0.717, 1.165) is 42.0 Å². The molecule has 0 radical (unpaired) electrons. The molecule has 1 amide bonds. The van der Waals surface area contributed by atoms with Crippen LogP contribution < -0.4 is 10.9 Å². The number of thiophene rings is 1. The first-order chi connectivity index (χ1) is 13.3. The van der Waals surface area contributed by atoms with E-state index in [-0.39, 0.29) is 30.0 Å². The molecule has 3 aromatic heterocycles. The highest BCUT2D eigenvalue weighted by molar-refractivity contribution is 7.19. The van der Waals surface area contributed by atoms with Crippen molar-refractivity contribution in [1.29, 1.82) is 0 Å². The summed E-state index contributed by atoms with van der Waals surface area (Å²) in [5.41, 5.74) is 1.39. The lowest BCUT2D eigenvalue weighted by Gasteiger charge is -2.30. The van der Waals surface area contributed by atoms with Crippen LogP contribution in [0.15, 0.2) is 16.9 Å². The number of piperidine rings is 1. The predicted molar refractivity (Wildman–Crippen MR) is 112 cm³/mol. The summed E-state index contributed by atoms with van der Waals surface area (Å²) in [5, 5.41) is 7.65. The third-order valence-electron chi connectivity index (χ3n) is 5.32. The number of rotatable bonds is 4. The molecule has 7 nitrogen and oxygen atoms in total. The third-order valence-corrected chi connectivity index (χ3v) is 6.30. The molecule has 1 fully saturated rings. The lowest BCUT2D eigenvalue weighted by Crippen LogP contribution is -2.48. The Bertz CT molecular complexity index is 1090. The lowest BCUT2D eigenvalue weighted by atomic mass is 10.1. The van der Waals surface area contributed by atoms with Crippen molar-refractivity contribution in [3.8, 4) is 0 Å².